The molecule has 0 unspecified atom stereocenters. The second kappa shape index (κ2) is 11.7. The van der Waals surface area contributed by atoms with Crippen molar-refractivity contribution in [2.24, 2.45) is 0 Å². The molecule has 2 aromatic carbocycles. The SMILES string of the molecule is CCCOc1c(Cl)cc(C(=O)N(C)CC(=O)Nc2cc(Cl)ccc2OC)cc1OCC. The number of methoxy groups -OCH3 is 1. The average Bonchev–Trinajstić information content (AvgIpc) is 2.72. The van der Waals surface area contributed by atoms with Gasteiger partial charge < -0.3 is 24.4 Å². The summed E-state index contributed by atoms with van der Waals surface area (Å²) in [6, 6.07) is 7.94. The van der Waals surface area contributed by atoms with Crippen LogP contribution in [-0.4, -0.2) is 50.6 Å². The number of nitrogens with zero attached hydrogens (tertiary/aromatic N) is 1. The maximum atomic E-state index is 12.9. The monoisotopic (exact) mass is 468 g/mol. The zero-order chi connectivity index (χ0) is 23.0. The smallest absolute Gasteiger partial charge is 0.254 e. The summed E-state index contributed by atoms with van der Waals surface area (Å²) in [5, 5.41) is 3.42. The molecule has 0 heterocycles. The highest BCUT2D eigenvalue weighted by Crippen LogP contribution is 2.37. The summed E-state index contributed by atoms with van der Waals surface area (Å²) in [5.74, 6) is 0.444. The molecule has 2 rings (SSSR count). The van der Waals surface area contributed by atoms with Gasteiger partial charge in [0.05, 0.1) is 37.6 Å². The van der Waals surface area contributed by atoms with Crippen LogP contribution in [0.1, 0.15) is 30.6 Å². The normalized spacial score (nSPS) is 10.4. The Morgan fingerprint density at radius 2 is 1.81 bits per heavy atom. The van der Waals surface area contributed by atoms with Crippen LogP contribution in [0.5, 0.6) is 17.2 Å². The van der Waals surface area contributed by atoms with Gasteiger partial charge >= 0.3 is 0 Å². The molecule has 9 heteroatoms. The maximum Gasteiger partial charge on any atom is 0.254 e. The number of ether oxygens (including phenoxy) is 3. The van der Waals surface area contributed by atoms with Gasteiger partial charge in [0.2, 0.25) is 5.91 Å². The van der Waals surface area contributed by atoms with Gasteiger partial charge in [0.25, 0.3) is 5.91 Å². The molecular weight excluding hydrogens is 443 g/mol. The molecule has 0 saturated carbocycles. The third-order valence-corrected chi connectivity index (χ3v) is 4.69. The Kier molecular flexibility index (Phi) is 9.27. The van der Waals surface area contributed by atoms with Crippen molar-refractivity contribution < 1.29 is 23.8 Å². The van der Waals surface area contributed by atoms with Crippen molar-refractivity contribution in [2.75, 3.05) is 39.2 Å². The van der Waals surface area contributed by atoms with Crippen LogP contribution < -0.4 is 19.5 Å². The second-order valence-electron chi connectivity index (χ2n) is 6.62. The lowest BCUT2D eigenvalue weighted by Gasteiger charge is -2.19. The van der Waals surface area contributed by atoms with E-state index in [4.69, 9.17) is 37.4 Å². The van der Waals surface area contributed by atoms with Crippen LogP contribution in [0.15, 0.2) is 30.3 Å². The van der Waals surface area contributed by atoms with Crippen molar-refractivity contribution in [3.63, 3.8) is 0 Å². The molecule has 0 aliphatic rings. The molecule has 0 radical (unpaired) electrons. The van der Waals surface area contributed by atoms with Gasteiger partial charge in [-0.3, -0.25) is 9.59 Å². The fourth-order valence-corrected chi connectivity index (χ4v) is 3.21. The number of halogens is 2. The Bertz CT molecular complexity index is 936. The first-order valence-electron chi connectivity index (χ1n) is 9.78. The number of anilines is 1. The number of amides is 2. The minimum absolute atomic E-state index is 0.190. The lowest BCUT2D eigenvalue weighted by molar-refractivity contribution is -0.116. The number of likely N-dealkylation sites (N-methyl/N-ethyl adjacent to an activating group) is 1. The summed E-state index contributed by atoms with van der Waals surface area (Å²) < 4.78 is 16.5. The number of carbonyl (C=O) groups is 2. The highest BCUT2D eigenvalue weighted by Gasteiger charge is 2.20. The van der Waals surface area contributed by atoms with Gasteiger partial charge in [0.1, 0.15) is 5.75 Å². The van der Waals surface area contributed by atoms with Crippen LogP contribution in [0.2, 0.25) is 10.0 Å². The van der Waals surface area contributed by atoms with Crippen molar-refractivity contribution in [2.45, 2.75) is 20.3 Å². The van der Waals surface area contributed by atoms with E-state index in [2.05, 4.69) is 5.32 Å². The fraction of sp³-hybridized carbons (Fsp3) is 0.364. The van der Waals surface area contributed by atoms with Crippen molar-refractivity contribution in [1.82, 2.24) is 4.90 Å². The van der Waals surface area contributed by atoms with Gasteiger partial charge in [0, 0.05) is 17.6 Å². The zero-order valence-electron chi connectivity index (χ0n) is 18.0. The highest BCUT2D eigenvalue weighted by atomic mass is 35.5. The van der Waals surface area contributed by atoms with Gasteiger partial charge in [-0.1, -0.05) is 30.1 Å². The average molecular weight is 469 g/mol. The van der Waals surface area contributed by atoms with Crippen LogP contribution in [0.4, 0.5) is 5.69 Å². The van der Waals surface area contributed by atoms with Gasteiger partial charge in [0.15, 0.2) is 11.5 Å². The Hall–Kier alpha value is -2.64. The summed E-state index contributed by atoms with van der Waals surface area (Å²) in [4.78, 5) is 26.6. The highest BCUT2D eigenvalue weighted by molar-refractivity contribution is 6.32. The van der Waals surface area contributed by atoms with Gasteiger partial charge in [-0.05, 0) is 43.7 Å². The standard InChI is InChI=1S/C22H26Cl2N2O5/c1-5-9-31-21-16(24)10-14(11-19(21)30-6-2)22(28)26(3)13-20(27)25-17-12-15(23)7-8-18(17)29-4/h7-8,10-12H,5-6,9,13H2,1-4H3,(H,25,27). The Morgan fingerprint density at radius 1 is 1.06 bits per heavy atom. The Labute approximate surface area is 192 Å². The first-order chi connectivity index (χ1) is 14.8. The molecule has 0 saturated heterocycles. The lowest BCUT2D eigenvalue weighted by atomic mass is 10.1. The van der Waals surface area contributed by atoms with Crippen LogP contribution in [0.3, 0.4) is 0 Å². The predicted molar refractivity (Wildman–Crippen MR) is 122 cm³/mol. The van der Waals surface area contributed by atoms with Crippen molar-refractivity contribution in [1.29, 1.82) is 0 Å². The van der Waals surface area contributed by atoms with Crippen LogP contribution in [-0.2, 0) is 4.79 Å². The molecule has 168 valence electrons. The van der Waals surface area contributed by atoms with E-state index in [1.165, 1.54) is 25.1 Å². The zero-order valence-corrected chi connectivity index (χ0v) is 19.5. The third-order valence-electron chi connectivity index (χ3n) is 4.17. The van der Waals surface area contributed by atoms with Gasteiger partial charge in [-0.2, -0.15) is 0 Å². The van der Waals surface area contributed by atoms with Crippen molar-refractivity contribution in [3.05, 3.63) is 45.9 Å². The molecular formula is C22H26Cl2N2O5. The molecule has 31 heavy (non-hydrogen) atoms. The number of nitrogens with one attached hydrogen (secondary N) is 1. The van der Waals surface area contributed by atoms with E-state index in [0.717, 1.165) is 6.42 Å². The molecule has 0 atom stereocenters. The van der Waals surface area contributed by atoms with Gasteiger partial charge in [-0.25, -0.2) is 0 Å². The minimum Gasteiger partial charge on any atom is -0.495 e. The quantitative estimate of drug-likeness (QED) is 0.536. The van der Waals surface area contributed by atoms with Gasteiger partial charge in [-0.15, -0.1) is 0 Å². The number of hydrogen-bond donors (Lipinski definition) is 1. The Morgan fingerprint density at radius 3 is 2.45 bits per heavy atom. The summed E-state index contributed by atoms with van der Waals surface area (Å²) in [6.07, 6.45) is 0.803. The van der Waals surface area contributed by atoms with E-state index >= 15 is 0 Å². The molecule has 0 aromatic heterocycles. The van der Waals surface area contributed by atoms with E-state index in [9.17, 15) is 9.59 Å². The number of hydrogen-bond acceptors (Lipinski definition) is 5. The molecule has 0 fully saturated rings. The van der Waals surface area contributed by atoms with E-state index in [1.54, 1.807) is 24.3 Å². The van der Waals surface area contributed by atoms with E-state index < -0.39 is 11.8 Å². The predicted octanol–water partition coefficient (Wildman–Crippen LogP) is 4.90. The van der Waals surface area contributed by atoms with Crippen molar-refractivity contribution in [3.8, 4) is 17.2 Å². The molecule has 0 aliphatic carbocycles. The first kappa shape index (κ1) is 24.6. The van der Waals surface area contributed by atoms with Crippen LogP contribution >= 0.6 is 23.2 Å². The largest absolute Gasteiger partial charge is 0.495 e. The van der Waals surface area contributed by atoms with Crippen LogP contribution in [0.25, 0.3) is 0 Å². The minimum atomic E-state index is -0.407. The number of rotatable bonds is 10. The second-order valence-corrected chi connectivity index (χ2v) is 7.46. The van der Waals surface area contributed by atoms with E-state index in [1.807, 2.05) is 13.8 Å². The number of benzene rings is 2. The summed E-state index contributed by atoms with van der Waals surface area (Å²) in [6.45, 7) is 4.47. The van der Waals surface area contributed by atoms with Crippen molar-refractivity contribution >= 4 is 40.7 Å². The summed E-state index contributed by atoms with van der Waals surface area (Å²) >= 11 is 12.3. The lowest BCUT2D eigenvalue weighted by Crippen LogP contribution is -2.35. The Balaban J connectivity index is 2.15. The molecule has 1 N–H and O–H groups in total. The first-order valence-corrected chi connectivity index (χ1v) is 10.5. The fourth-order valence-electron chi connectivity index (χ4n) is 2.77. The maximum absolute atomic E-state index is 12.9. The van der Waals surface area contributed by atoms with E-state index in [0.29, 0.717) is 41.2 Å². The third kappa shape index (κ3) is 6.67. The molecule has 0 spiro atoms. The number of carbonyl (C=O) groups excluding carboxylic acids is 2. The van der Waals surface area contributed by atoms with Crippen LogP contribution in [0, 0.1) is 0 Å². The molecule has 0 aliphatic heterocycles. The molecule has 2 aromatic rings. The summed E-state index contributed by atoms with van der Waals surface area (Å²) in [7, 11) is 3.01. The molecule has 2 amide bonds. The topological polar surface area (TPSA) is 77.1 Å². The summed E-state index contributed by atoms with van der Waals surface area (Å²) in [5.41, 5.74) is 0.702. The van der Waals surface area contributed by atoms with E-state index in [-0.39, 0.29) is 17.1 Å². The molecule has 7 nitrogen and oxygen atoms in total. The molecule has 0 bridgehead atoms.